The van der Waals surface area contributed by atoms with E-state index in [0.29, 0.717) is 11.1 Å². The number of carbonyl (C=O) groups excluding carboxylic acids is 1. The minimum atomic E-state index is -0.398. The number of amides is 1. The van der Waals surface area contributed by atoms with Crippen molar-refractivity contribution in [3.05, 3.63) is 46.8 Å². The zero-order chi connectivity index (χ0) is 19.7. The summed E-state index contributed by atoms with van der Waals surface area (Å²) in [5.41, 5.74) is 4.69. The Kier molecular flexibility index (Phi) is 5.22. The molecule has 0 aliphatic carbocycles. The summed E-state index contributed by atoms with van der Waals surface area (Å²) >= 11 is 1.25. The number of nitrogens with one attached hydrogen (secondary N) is 1. The number of rotatable bonds is 5. The zero-order valence-corrected chi connectivity index (χ0v) is 16.8. The summed E-state index contributed by atoms with van der Waals surface area (Å²) in [6.45, 7) is 9.58. The maximum absolute atomic E-state index is 12.6. The lowest BCUT2D eigenvalue weighted by molar-refractivity contribution is -0.115. The maximum atomic E-state index is 12.6. The van der Waals surface area contributed by atoms with E-state index >= 15 is 0 Å². The van der Waals surface area contributed by atoms with Crippen LogP contribution in [0.2, 0.25) is 0 Å². The number of hydrogen-bond donors (Lipinski definition) is 2. The Bertz CT molecular complexity index is 992. The Balaban J connectivity index is 1.74. The van der Waals surface area contributed by atoms with E-state index in [1.165, 1.54) is 16.4 Å². The number of hydrogen-bond acceptors (Lipinski definition) is 6. The minimum Gasteiger partial charge on any atom is -0.334 e. The van der Waals surface area contributed by atoms with E-state index in [0.717, 1.165) is 28.2 Å². The second-order valence-corrected chi connectivity index (χ2v) is 7.87. The topological polar surface area (TPSA) is 104 Å². The number of nitrogens with zero attached hydrogens (tertiary/aromatic N) is 5. The summed E-state index contributed by atoms with van der Waals surface area (Å²) in [7, 11) is 0. The Labute approximate surface area is 162 Å². The van der Waals surface area contributed by atoms with Crippen molar-refractivity contribution < 1.29 is 4.79 Å². The molecule has 2 aromatic heterocycles. The van der Waals surface area contributed by atoms with Gasteiger partial charge in [0.15, 0.2) is 0 Å². The molecule has 0 saturated heterocycles. The third-order valence-electron chi connectivity index (χ3n) is 4.15. The number of nitrogens with two attached hydrogens (primary N) is 1. The van der Waals surface area contributed by atoms with Crippen molar-refractivity contribution in [1.29, 1.82) is 0 Å². The molecule has 142 valence electrons. The number of benzene rings is 1. The fourth-order valence-corrected chi connectivity index (χ4v) is 3.41. The van der Waals surface area contributed by atoms with Gasteiger partial charge in [0.1, 0.15) is 0 Å². The van der Waals surface area contributed by atoms with E-state index in [4.69, 9.17) is 5.84 Å². The predicted molar refractivity (Wildman–Crippen MR) is 107 cm³/mol. The predicted octanol–water partition coefficient (Wildman–Crippen LogP) is 2.53. The Morgan fingerprint density at radius 2 is 1.93 bits per heavy atom. The molecule has 1 amide bonds. The zero-order valence-electron chi connectivity index (χ0n) is 16.0. The SMILES string of the molecule is Cc1ccc(C)c(NC(=O)[C@H](C)Sc2nnc(-n3nc(C)cc3C)n2N)c1. The van der Waals surface area contributed by atoms with Crippen LogP contribution < -0.4 is 11.2 Å². The lowest BCUT2D eigenvalue weighted by Crippen LogP contribution is -2.24. The molecule has 3 aromatic rings. The summed E-state index contributed by atoms with van der Waals surface area (Å²) in [5, 5.41) is 15.6. The molecule has 1 atom stereocenters. The van der Waals surface area contributed by atoms with Crippen LogP contribution in [0.1, 0.15) is 29.4 Å². The number of aryl methyl sites for hydroxylation is 4. The van der Waals surface area contributed by atoms with Gasteiger partial charge < -0.3 is 11.2 Å². The third kappa shape index (κ3) is 3.97. The van der Waals surface area contributed by atoms with Crippen LogP contribution in [0, 0.1) is 27.7 Å². The summed E-state index contributed by atoms with van der Waals surface area (Å²) in [6, 6.07) is 7.89. The van der Waals surface area contributed by atoms with Gasteiger partial charge in [-0.2, -0.15) is 5.10 Å². The number of aromatic nitrogens is 5. The quantitative estimate of drug-likeness (QED) is 0.517. The van der Waals surface area contributed by atoms with E-state index < -0.39 is 5.25 Å². The van der Waals surface area contributed by atoms with Crippen LogP contribution in [0.4, 0.5) is 5.69 Å². The first-order chi connectivity index (χ1) is 12.8. The lowest BCUT2D eigenvalue weighted by atomic mass is 10.1. The number of thioether (sulfide) groups is 1. The number of anilines is 1. The van der Waals surface area contributed by atoms with Crippen molar-refractivity contribution in [2.45, 2.75) is 45.0 Å². The van der Waals surface area contributed by atoms with Crippen LogP contribution in [0.5, 0.6) is 0 Å². The van der Waals surface area contributed by atoms with E-state index in [1.54, 1.807) is 4.68 Å². The summed E-state index contributed by atoms with van der Waals surface area (Å²) in [4.78, 5) is 12.6. The van der Waals surface area contributed by atoms with E-state index in [1.807, 2.05) is 58.9 Å². The van der Waals surface area contributed by atoms with Crippen LogP contribution in [0.15, 0.2) is 29.4 Å². The molecule has 9 heteroatoms. The number of nitrogen functional groups attached to an aromatic ring is 1. The average Bonchev–Trinajstić information content (AvgIpc) is 3.12. The molecule has 0 unspecified atom stereocenters. The number of carbonyl (C=O) groups is 1. The summed E-state index contributed by atoms with van der Waals surface area (Å²) < 4.78 is 2.99. The van der Waals surface area contributed by atoms with Crippen molar-refractivity contribution in [2.75, 3.05) is 11.2 Å². The highest BCUT2D eigenvalue weighted by molar-refractivity contribution is 8.00. The van der Waals surface area contributed by atoms with Gasteiger partial charge in [-0.15, -0.1) is 10.2 Å². The molecule has 0 saturated carbocycles. The standard InChI is InChI=1S/C18H23N7OS/c1-10-6-7-11(2)15(8-10)20-16(26)14(5)27-18-22-21-17(24(18)19)25-13(4)9-12(3)23-25/h6-9,14H,19H2,1-5H3,(H,20,26)/t14-/m0/s1. The van der Waals surface area contributed by atoms with Crippen molar-refractivity contribution in [1.82, 2.24) is 24.7 Å². The van der Waals surface area contributed by atoms with Crippen molar-refractivity contribution in [2.24, 2.45) is 0 Å². The summed E-state index contributed by atoms with van der Waals surface area (Å²) in [5.74, 6) is 6.42. The van der Waals surface area contributed by atoms with Gasteiger partial charge in [0.05, 0.1) is 10.9 Å². The molecule has 1 aromatic carbocycles. The largest absolute Gasteiger partial charge is 0.334 e. The fourth-order valence-electron chi connectivity index (χ4n) is 2.64. The van der Waals surface area contributed by atoms with Crippen molar-refractivity contribution in [3.8, 4) is 5.95 Å². The smallest absolute Gasteiger partial charge is 0.271 e. The second-order valence-electron chi connectivity index (χ2n) is 6.56. The highest BCUT2D eigenvalue weighted by atomic mass is 32.2. The molecule has 3 N–H and O–H groups in total. The lowest BCUT2D eigenvalue weighted by Gasteiger charge is -2.13. The molecule has 0 aliphatic heterocycles. The van der Waals surface area contributed by atoms with Crippen molar-refractivity contribution in [3.63, 3.8) is 0 Å². The molecule has 27 heavy (non-hydrogen) atoms. The Morgan fingerprint density at radius 3 is 2.59 bits per heavy atom. The van der Waals surface area contributed by atoms with Crippen LogP contribution in [0.3, 0.4) is 0 Å². The highest BCUT2D eigenvalue weighted by Gasteiger charge is 2.21. The van der Waals surface area contributed by atoms with E-state index in [9.17, 15) is 4.79 Å². The van der Waals surface area contributed by atoms with Gasteiger partial charge in [-0.3, -0.25) is 4.79 Å². The normalized spacial score (nSPS) is 12.2. The Hall–Kier alpha value is -2.81. The molecule has 0 fully saturated rings. The molecule has 8 nitrogen and oxygen atoms in total. The first-order valence-electron chi connectivity index (χ1n) is 8.55. The molecule has 0 radical (unpaired) electrons. The van der Waals surface area contributed by atoms with Gasteiger partial charge in [0.25, 0.3) is 5.95 Å². The minimum absolute atomic E-state index is 0.121. The van der Waals surface area contributed by atoms with Gasteiger partial charge >= 0.3 is 0 Å². The molecule has 3 rings (SSSR count). The van der Waals surface area contributed by atoms with Gasteiger partial charge in [0, 0.05) is 11.4 Å². The first kappa shape index (κ1) is 19.0. The summed E-state index contributed by atoms with van der Waals surface area (Å²) in [6.07, 6.45) is 0. The molecule has 0 spiro atoms. The van der Waals surface area contributed by atoms with E-state index in [-0.39, 0.29) is 5.91 Å². The molecule has 2 heterocycles. The van der Waals surface area contributed by atoms with Gasteiger partial charge in [-0.1, -0.05) is 23.9 Å². The van der Waals surface area contributed by atoms with Crippen LogP contribution in [0.25, 0.3) is 5.95 Å². The van der Waals surface area contributed by atoms with Gasteiger partial charge in [0.2, 0.25) is 11.1 Å². The molecule has 0 aliphatic rings. The Morgan fingerprint density at radius 1 is 1.19 bits per heavy atom. The van der Waals surface area contributed by atoms with Crippen LogP contribution in [-0.2, 0) is 4.79 Å². The highest BCUT2D eigenvalue weighted by Crippen LogP contribution is 2.24. The van der Waals surface area contributed by atoms with E-state index in [2.05, 4.69) is 20.6 Å². The molecular weight excluding hydrogens is 362 g/mol. The molecule has 0 bridgehead atoms. The van der Waals surface area contributed by atoms with Gasteiger partial charge in [-0.05, 0) is 57.9 Å². The molecular formula is C18H23N7OS. The maximum Gasteiger partial charge on any atom is 0.271 e. The average molecular weight is 385 g/mol. The fraction of sp³-hybridized carbons (Fsp3) is 0.333. The van der Waals surface area contributed by atoms with Gasteiger partial charge in [-0.25, -0.2) is 9.36 Å². The second kappa shape index (κ2) is 7.43. The van der Waals surface area contributed by atoms with Crippen molar-refractivity contribution >= 4 is 23.4 Å². The van der Waals surface area contributed by atoms with Crippen LogP contribution in [-0.4, -0.2) is 35.8 Å². The van der Waals surface area contributed by atoms with Crippen LogP contribution >= 0.6 is 11.8 Å². The monoisotopic (exact) mass is 385 g/mol. The first-order valence-corrected chi connectivity index (χ1v) is 9.43. The third-order valence-corrected chi connectivity index (χ3v) is 5.20.